The van der Waals surface area contributed by atoms with Gasteiger partial charge in [-0.05, 0) is 18.7 Å². The first-order chi connectivity index (χ1) is 7.71. The predicted molar refractivity (Wildman–Crippen MR) is 81.3 cm³/mol. The average molecular weight is 267 g/mol. The Bertz CT molecular complexity index is 325. The molecule has 0 amide bonds. The summed E-state index contributed by atoms with van der Waals surface area (Å²) in [5, 5.41) is 0. The molecule has 17 heavy (non-hydrogen) atoms. The zero-order valence-corrected chi connectivity index (χ0v) is 14.1. The van der Waals surface area contributed by atoms with Gasteiger partial charge in [0.05, 0.1) is 0 Å². The van der Waals surface area contributed by atoms with E-state index in [1.807, 2.05) is 12.3 Å². The van der Waals surface area contributed by atoms with E-state index in [9.17, 15) is 0 Å². The van der Waals surface area contributed by atoms with Gasteiger partial charge in [0.15, 0.2) is 0 Å². The van der Waals surface area contributed by atoms with Crippen molar-refractivity contribution < 1.29 is 0 Å². The molecule has 0 aliphatic carbocycles. The Kier molecular flexibility index (Phi) is 4.69. The second-order valence-electron chi connectivity index (χ2n) is 6.56. The molecule has 0 aliphatic rings. The first-order valence-corrected chi connectivity index (χ1v) is 13.3. The standard InChI is InChI=1S/C13H26N2Si2/c1-16(2,3)15(17(4,5)6)12-10-13-9-7-8-11-14-13/h7-9,11H,10,12H2,1-6H3. The summed E-state index contributed by atoms with van der Waals surface area (Å²) >= 11 is 0. The van der Waals surface area contributed by atoms with Gasteiger partial charge in [-0.1, -0.05) is 45.3 Å². The average Bonchev–Trinajstić information content (AvgIpc) is 2.15. The fraction of sp³-hybridized carbons (Fsp3) is 0.615. The lowest BCUT2D eigenvalue weighted by atomic mass is 10.3. The van der Waals surface area contributed by atoms with E-state index >= 15 is 0 Å². The smallest absolute Gasteiger partial charge is 0.112 e. The highest BCUT2D eigenvalue weighted by molar-refractivity contribution is 6.89. The van der Waals surface area contributed by atoms with E-state index in [4.69, 9.17) is 0 Å². The van der Waals surface area contributed by atoms with Crippen molar-refractivity contribution in [3.63, 3.8) is 0 Å². The van der Waals surface area contributed by atoms with E-state index in [0.717, 1.165) is 6.42 Å². The molecule has 4 heteroatoms. The molecule has 1 aromatic heterocycles. The zero-order valence-electron chi connectivity index (χ0n) is 12.1. The highest BCUT2D eigenvalue weighted by atomic mass is 28.4. The summed E-state index contributed by atoms with van der Waals surface area (Å²) in [5.74, 6) is 0. The molecule has 0 fully saturated rings. The zero-order chi connectivity index (χ0) is 13.1. The topological polar surface area (TPSA) is 16.1 Å². The lowest BCUT2D eigenvalue weighted by molar-refractivity contribution is 0.607. The van der Waals surface area contributed by atoms with E-state index in [0.29, 0.717) is 0 Å². The molecule has 0 bridgehead atoms. The second kappa shape index (κ2) is 5.46. The number of pyridine rings is 1. The Labute approximate surface area is 108 Å². The minimum atomic E-state index is -1.21. The first-order valence-electron chi connectivity index (χ1n) is 6.39. The molecular formula is C13H26N2Si2. The second-order valence-corrected chi connectivity index (χ2v) is 16.8. The fourth-order valence-electron chi connectivity index (χ4n) is 2.45. The van der Waals surface area contributed by atoms with Crippen molar-refractivity contribution in [2.75, 3.05) is 6.54 Å². The normalized spacial score (nSPS) is 13.1. The molecular weight excluding hydrogens is 240 g/mol. The molecule has 0 aliphatic heterocycles. The highest BCUT2D eigenvalue weighted by Crippen LogP contribution is 2.19. The van der Waals surface area contributed by atoms with Crippen molar-refractivity contribution in [1.29, 1.82) is 0 Å². The van der Waals surface area contributed by atoms with Gasteiger partial charge in [0.25, 0.3) is 0 Å². The SMILES string of the molecule is C[Si](C)(C)N(CCc1ccccn1)[Si](C)(C)C. The van der Waals surface area contributed by atoms with Crippen molar-refractivity contribution in [2.24, 2.45) is 0 Å². The van der Waals surface area contributed by atoms with Crippen LogP contribution < -0.4 is 0 Å². The van der Waals surface area contributed by atoms with Gasteiger partial charge in [0.2, 0.25) is 0 Å². The number of hydrogen-bond acceptors (Lipinski definition) is 2. The van der Waals surface area contributed by atoms with Crippen LogP contribution in [0.4, 0.5) is 0 Å². The molecule has 1 aromatic rings. The van der Waals surface area contributed by atoms with E-state index in [-0.39, 0.29) is 0 Å². The van der Waals surface area contributed by atoms with Crippen LogP contribution in [0.2, 0.25) is 39.3 Å². The van der Waals surface area contributed by atoms with Crippen LogP contribution >= 0.6 is 0 Å². The Balaban J connectivity index is 2.70. The molecule has 0 aromatic carbocycles. The summed E-state index contributed by atoms with van der Waals surface area (Å²) in [6, 6.07) is 6.20. The van der Waals surface area contributed by atoms with Gasteiger partial charge >= 0.3 is 0 Å². The van der Waals surface area contributed by atoms with Gasteiger partial charge in [0.1, 0.15) is 16.5 Å². The van der Waals surface area contributed by atoms with Crippen LogP contribution in [0.25, 0.3) is 0 Å². The number of hydrogen-bond donors (Lipinski definition) is 0. The van der Waals surface area contributed by atoms with Crippen LogP contribution in [0.15, 0.2) is 24.4 Å². The van der Waals surface area contributed by atoms with Crippen molar-refractivity contribution in [2.45, 2.75) is 45.7 Å². The third-order valence-electron chi connectivity index (χ3n) is 2.94. The molecule has 2 nitrogen and oxygen atoms in total. The van der Waals surface area contributed by atoms with Gasteiger partial charge in [-0.15, -0.1) is 0 Å². The molecule has 0 N–H and O–H groups in total. The minimum Gasteiger partial charge on any atom is -0.345 e. The number of nitrogens with zero attached hydrogens (tertiary/aromatic N) is 2. The first kappa shape index (κ1) is 14.6. The number of aromatic nitrogens is 1. The van der Waals surface area contributed by atoms with Crippen molar-refractivity contribution in [1.82, 2.24) is 9.22 Å². The molecule has 0 saturated heterocycles. The van der Waals surface area contributed by atoms with Gasteiger partial charge in [-0.3, -0.25) is 4.98 Å². The maximum Gasteiger partial charge on any atom is 0.112 e. The highest BCUT2D eigenvalue weighted by Gasteiger charge is 2.33. The Morgan fingerprint density at radius 2 is 1.59 bits per heavy atom. The van der Waals surface area contributed by atoms with E-state index in [1.165, 1.54) is 12.2 Å². The van der Waals surface area contributed by atoms with Gasteiger partial charge < -0.3 is 4.23 Å². The molecule has 1 heterocycles. The van der Waals surface area contributed by atoms with E-state index in [2.05, 4.69) is 60.6 Å². The van der Waals surface area contributed by atoms with E-state index in [1.54, 1.807) is 0 Å². The van der Waals surface area contributed by atoms with Crippen LogP contribution in [0.1, 0.15) is 5.69 Å². The van der Waals surface area contributed by atoms with Crippen LogP contribution in [-0.4, -0.2) is 32.2 Å². The third-order valence-corrected chi connectivity index (χ3v) is 10.6. The molecule has 0 spiro atoms. The quantitative estimate of drug-likeness (QED) is 0.757. The van der Waals surface area contributed by atoms with Gasteiger partial charge in [-0.25, -0.2) is 0 Å². The van der Waals surface area contributed by atoms with Crippen molar-refractivity contribution in [3.8, 4) is 0 Å². The lowest BCUT2D eigenvalue weighted by Gasteiger charge is -2.43. The summed E-state index contributed by atoms with van der Waals surface area (Å²) in [4.78, 5) is 4.42. The summed E-state index contributed by atoms with van der Waals surface area (Å²) in [5.41, 5.74) is 1.22. The molecule has 0 atom stereocenters. The predicted octanol–water partition coefficient (Wildman–Crippen LogP) is 3.60. The Hall–Kier alpha value is -0.456. The van der Waals surface area contributed by atoms with E-state index < -0.39 is 16.5 Å². The Morgan fingerprint density at radius 1 is 1.00 bits per heavy atom. The largest absolute Gasteiger partial charge is 0.345 e. The molecule has 0 radical (unpaired) electrons. The van der Waals surface area contributed by atoms with Gasteiger partial charge in [0, 0.05) is 18.3 Å². The minimum absolute atomic E-state index is 1.08. The number of rotatable bonds is 5. The summed E-state index contributed by atoms with van der Waals surface area (Å²) in [6.45, 7) is 15.9. The maximum atomic E-state index is 4.42. The van der Waals surface area contributed by atoms with Crippen LogP contribution in [-0.2, 0) is 6.42 Å². The lowest BCUT2D eigenvalue weighted by Crippen LogP contribution is -2.59. The van der Waals surface area contributed by atoms with Crippen molar-refractivity contribution in [3.05, 3.63) is 30.1 Å². The Morgan fingerprint density at radius 3 is 2.00 bits per heavy atom. The fourth-order valence-corrected chi connectivity index (χ4v) is 12.1. The summed E-state index contributed by atoms with van der Waals surface area (Å²) in [6.07, 6.45) is 2.97. The molecule has 96 valence electrons. The molecule has 0 unspecified atom stereocenters. The summed E-state index contributed by atoms with van der Waals surface area (Å²) < 4.78 is 2.81. The maximum absolute atomic E-state index is 4.42. The third kappa shape index (κ3) is 4.73. The van der Waals surface area contributed by atoms with Crippen LogP contribution in [0.5, 0.6) is 0 Å². The van der Waals surface area contributed by atoms with Crippen molar-refractivity contribution >= 4 is 16.5 Å². The molecule has 0 saturated carbocycles. The monoisotopic (exact) mass is 266 g/mol. The van der Waals surface area contributed by atoms with Crippen LogP contribution in [0, 0.1) is 0 Å². The van der Waals surface area contributed by atoms with Crippen LogP contribution in [0.3, 0.4) is 0 Å². The molecule has 1 rings (SSSR count). The van der Waals surface area contributed by atoms with Gasteiger partial charge in [-0.2, -0.15) is 0 Å². The summed E-state index contributed by atoms with van der Waals surface area (Å²) in [7, 11) is -2.42.